The molecule has 0 aliphatic carbocycles. The largest absolute Gasteiger partial charge is 0.506 e. The number of benzene rings is 1. The van der Waals surface area contributed by atoms with Crippen molar-refractivity contribution in [2.45, 2.75) is 48.4 Å². The molecule has 1 aromatic carbocycles. The van der Waals surface area contributed by atoms with E-state index in [1.54, 1.807) is 14.9 Å². The van der Waals surface area contributed by atoms with Crippen LogP contribution in [0.1, 0.15) is 49.9 Å². The van der Waals surface area contributed by atoms with Gasteiger partial charge in [-0.15, -0.1) is 0 Å². The molecule has 0 unspecified atom stereocenters. The van der Waals surface area contributed by atoms with E-state index in [4.69, 9.17) is 5.11 Å². The summed E-state index contributed by atoms with van der Waals surface area (Å²) in [5.41, 5.74) is -0.0497. The van der Waals surface area contributed by atoms with Crippen molar-refractivity contribution in [1.82, 2.24) is 0 Å². The molecule has 0 fully saturated rings. The molecule has 0 spiro atoms. The number of carboxylic acids is 1. The summed E-state index contributed by atoms with van der Waals surface area (Å²) in [6.45, 7) is 4.58. The van der Waals surface area contributed by atoms with Gasteiger partial charge < -0.3 is 10.2 Å². The van der Waals surface area contributed by atoms with Crippen LogP contribution in [0, 0.1) is 7.14 Å². The van der Waals surface area contributed by atoms with E-state index in [2.05, 4.69) is 13.8 Å². The first-order chi connectivity index (χ1) is 9.93. The molecule has 2 N–H and O–H groups in total. The molecule has 3 nitrogen and oxygen atoms in total. The molecule has 1 aromatic rings. The fourth-order valence-corrected chi connectivity index (χ4v) is 7.46. The molecule has 0 amide bonds. The average molecular weight is 623 g/mol. The number of carboxylic acid groups (broad SMARTS) is 1. The van der Waals surface area contributed by atoms with Gasteiger partial charge in [-0.25, -0.2) is 4.79 Å². The number of hydrogen-bond acceptors (Lipinski definition) is 2. The molecular formula is C15H22I2O3Sn. The average Bonchev–Trinajstić information content (AvgIpc) is 2.43. The monoisotopic (exact) mass is 624 g/mol. The zero-order valence-electron chi connectivity index (χ0n) is 12.5. The third kappa shape index (κ3) is 10.2. The van der Waals surface area contributed by atoms with E-state index in [1.807, 2.05) is 45.2 Å². The first-order valence-electron chi connectivity index (χ1n) is 7.06. The summed E-state index contributed by atoms with van der Waals surface area (Å²) in [6, 6.07) is 3.14. The summed E-state index contributed by atoms with van der Waals surface area (Å²) in [4.78, 5) is 10.6. The molecule has 118 valence electrons. The maximum Gasteiger partial charge on any atom is 0.339 e. The van der Waals surface area contributed by atoms with Crippen LogP contribution in [-0.4, -0.2) is 37.3 Å². The van der Waals surface area contributed by atoms with Crippen LogP contribution in [0.5, 0.6) is 5.75 Å². The van der Waals surface area contributed by atoms with Gasteiger partial charge in [-0.3, -0.25) is 0 Å². The first kappa shape index (κ1) is 21.7. The summed E-state index contributed by atoms with van der Waals surface area (Å²) in [5.74, 6) is -1.27. The van der Waals surface area contributed by atoms with Crippen molar-refractivity contribution < 1.29 is 15.0 Å². The van der Waals surface area contributed by atoms with Crippen LogP contribution in [-0.2, 0) is 0 Å². The molecule has 0 saturated heterocycles. The number of rotatable bonds is 7. The summed E-state index contributed by atoms with van der Waals surface area (Å²) in [5, 5.41) is 17.9. The van der Waals surface area contributed by atoms with E-state index in [-0.39, 0.29) is 32.5 Å². The van der Waals surface area contributed by atoms with E-state index in [0.717, 1.165) is 3.57 Å². The molecule has 0 aliphatic heterocycles. The second kappa shape index (κ2) is 13.2. The van der Waals surface area contributed by atoms with Gasteiger partial charge in [0, 0.05) is 3.57 Å². The number of halogens is 2. The number of aromatic hydroxyl groups is 1. The van der Waals surface area contributed by atoms with Gasteiger partial charge in [0.15, 0.2) is 0 Å². The summed E-state index contributed by atoms with van der Waals surface area (Å²) < 4.78 is 4.60. The number of hydrogen-bond donors (Lipinski definition) is 2. The zero-order valence-corrected chi connectivity index (χ0v) is 19.6. The van der Waals surface area contributed by atoms with Crippen molar-refractivity contribution >= 4 is 72.3 Å². The minimum atomic E-state index is -1.11. The van der Waals surface area contributed by atoms with Crippen molar-refractivity contribution in [1.29, 1.82) is 0 Å². The van der Waals surface area contributed by atoms with E-state index < -0.39 is 5.97 Å². The van der Waals surface area contributed by atoms with Gasteiger partial charge in [0.1, 0.15) is 11.3 Å². The van der Waals surface area contributed by atoms with Crippen LogP contribution in [0.15, 0.2) is 12.1 Å². The third-order valence-electron chi connectivity index (χ3n) is 2.67. The molecule has 0 aliphatic rings. The zero-order chi connectivity index (χ0) is 16.3. The van der Waals surface area contributed by atoms with E-state index >= 15 is 0 Å². The second-order valence-electron chi connectivity index (χ2n) is 4.55. The van der Waals surface area contributed by atoms with Gasteiger partial charge in [0.25, 0.3) is 0 Å². The fourth-order valence-electron chi connectivity index (χ4n) is 1.46. The van der Waals surface area contributed by atoms with Crippen LogP contribution in [0.3, 0.4) is 0 Å². The summed E-state index contributed by atoms with van der Waals surface area (Å²) in [6.07, 6.45) is 5.84. The molecule has 6 heteroatoms. The Bertz CT molecular complexity index is 433. The normalized spacial score (nSPS) is 9.90. The second-order valence-corrected chi connectivity index (χ2v) is 11.2. The topological polar surface area (TPSA) is 57.5 Å². The Morgan fingerprint density at radius 1 is 1.14 bits per heavy atom. The molecular weight excluding hydrogens is 601 g/mol. The Hall–Kier alpha value is 0.749. The number of aromatic carboxylic acids is 1. The summed E-state index contributed by atoms with van der Waals surface area (Å²) in [7, 11) is 0. The minimum Gasteiger partial charge on any atom is -0.506 e. The SMILES string of the molecule is CCC[CH2][Sn][CH2]CCC.O=C(O)c1cc(I)cc(I)c1O. The van der Waals surface area contributed by atoms with Crippen molar-refractivity contribution in [2.75, 3.05) is 0 Å². The van der Waals surface area contributed by atoms with Gasteiger partial charge >= 0.3 is 75.5 Å². The molecule has 0 atom stereocenters. The van der Waals surface area contributed by atoms with Gasteiger partial charge in [-0.2, -0.15) is 0 Å². The van der Waals surface area contributed by atoms with Crippen molar-refractivity contribution in [2.24, 2.45) is 0 Å². The molecule has 0 heterocycles. The van der Waals surface area contributed by atoms with Crippen molar-refractivity contribution in [3.05, 3.63) is 24.8 Å². The maximum atomic E-state index is 10.6. The van der Waals surface area contributed by atoms with E-state index in [0.29, 0.717) is 3.57 Å². The first-order valence-corrected chi connectivity index (χ1v) is 13.2. The maximum absolute atomic E-state index is 10.6. The standard InChI is InChI=1S/C7H4I2O3.2C4H9.Sn/c8-3-1-4(7(11)12)6(10)5(9)2-3;2*1-3-4-2;/h1-2,10H,(H,11,12);2*1,3-4H2,2H3;. The fraction of sp³-hybridized carbons (Fsp3) is 0.533. The summed E-state index contributed by atoms with van der Waals surface area (Å²) >= 11 is 4.04. The molecule has 1 rings (SSSR count). The van der Waals surface area contributed by atoms with Crippen LogP contribution < -0.4 is 0 Å². The number of phenols is 1. The van der Waals surface area contributed by atoms with E-state index in [1.165, 1.54) is 31.7 Å². The van der Waals surface area contributed by atoms with Gasteiger partial charge in [0.05, 0.1) is 3.57 Å². The quantitative estimate of drug-likeness (QED) is 0.243. The Balaban J connectivity index is 0.000000400. The molecule has 2 radical (unpaired) electrons. The molecule has 0 saturated carbocycles. The molecule has 0 aromatic heterocycles. The Morgan fingerprint density at radius 2 is 1.67 bits per heavy atom. The van der Waals surface area contributed by atoms with Gasteiger partial charge in [-0.1, -0.05) is 0 Å². The minimum absolute atomic E-state index is 0.0497. The van der Waals surface area contributed by atoms with Crippen molar-refractivity contribution in [3.63, 3.8) is 0 Å². The Labute approximate surface area is 164 Å². The van der Waals surface area contributed by atoms with Crippen LogP contribution >= 0.6 is 45.2 Å². The van der Waals surface area contributed by atoms with Crippen LogP contribution in [0.25, 0.3) is 0 Å². The molecule has 21 heavy (non-hydrogen) atoms. The van der Waals surface area contributed by atoms with E-state index in [9.17, 15) is 9.90 Å². The number of unbranched alkanes of at least 4 members (excludes halogenated alkanes) is 2. The van der Waals surface area contributed by atoms with Gasteiger partial charge in [-0.05, 0) is 57.3 Å². The van der Waals surface area contributed by atoms with Crippen LogP contribution in [0.2, 0.25) is 8.87 Å². The van der Waals surface area contributed by atoms with Gasteiger partial charge in [0.2, 0.25) is 0 Å². The third-order valence-corrected chi connectivity index (χ3v) is 8.15. The smallest absolute Gasteiger partial charge is 0.339 e. The molecule has 0 bridgehead atoms. The van der Waals surface area contributed by atoms with Crippen molar-refractivity contribution in [3.8, 4) is 5.75 Å². The predicted molar refractivity (Wildman–Crippen MR) is 106 cm³/mol. The predicted octanol–water partition coefficient (Wildman–Crippen LogP) is 5.43. The van der Waals surface area contributed by atoms with Crippen LogP contribution in [0.4, 0.5) is 0 Å². The number of carbonyl (C=O) groups is 1. The Kier molecular flexibility index (Phi) is 13.7. The Morgan fingerprint density at radius 3 is 2.10 bits per heavy atom.